The summed E-state index contributed by atoms with van der Waals surface area (Å²) in [7, 11) is 2.24. The Morgan fingerprint density at radius 2 is 1.22 bits per heavy atom. The quantitative estimate of drug-likeness (QED) is 0.690. The maximum atomic E-state index is 11.6. The molecular weight excluding hydrogens is 244 g/mol. The fourth-order valence-corrected chi connectivity index (χ4v) is 4.89. The molecule has 0 atom stereocenters. The van der Waals surface area contributed by atoms with Crippen LogP contribution in [0.15, 0.2) is 0 Å². The molecule has 0 aliphatic rings. The molecule has 0 aromatic rings. The van der Waals surface area contributed by atoms with Gasteiger partial charge in [0.25, 0.3) is 8.73 Å². The van der Waals surface area contributed by atoms with Crippen molar-refractivity contribution in [2.24, 2.45) is 0 Å². The molecular formula is C13H26N2O2Si. The average molecular weight is 270 g/mol. The van der Waals surface area contributed by atoms with Crippen LogP contribution in [0.4, 0.5) is 0 Å². The van der Waals surface area contributed by atoms with E-state index in [-0.39, 0.29) is 11.8 Å². The smallest absolute Gasteiger partial charge is 0.260 e. The van der Waals surface area contributed by atoms with E-state index in [0.717, 1.165) is 25.7 Å². The fourth-order valence-electron chi connectivity index (χ4n) is 1.95. The molecule has 104 valence electrons. The summed E-state index contributed by atoms with van der Waals surface area (Å²) in [4.78, 5) is 23.3. The zero-order valence-electron chi connectivity index (χ0n) is 12.5. The molecule has 0 rings (SSSR count). The SMILES string of the molecule is CCCC(CCC)=[Si](N(C)C(C)=O)N(C)C(C)=O. The minimum atomic E-state index is -1.38. The van der Waals surface area contributed by atoms with Gasteiger partial charge in [0.05, 0.1) is 0 Å². The molecule has 0 aromatic heterocycles. The Morgan fingerprint density at radius 3 is 1.44 bits per heavy atom. The van der Waals surface area contributed by atoms with Crippen LogP contribution in [0.2, 0.25) is 0 Å². The van der Waals surface area contributed by atoms with Crippen LogP contribution in [0.1, 0.15) is 53.4 Å². The molecule has 0 saturated heterocycles. The van der Waals surface area contributed by atoms with E-state index in [1.54, 1.807) is 37.1 Å². The first-order valence-corrected chi connectivity index (χ1v) is 7.96. The molecule has 0 unspecified atom stereocenters. The van der Waals surface area contributed by atoms with Gasteiger partial charge in [-0.25, -0.2) is 0 Å². The zero-order chi connectivity index (χ0) is 14.3. The van der Waals surface area contributed by atoms with Crippen molar-refractivity contribution in [3.8, 4) is 0 Å². The van der Waals surface area contributed by atoms with Crippen LogP contribution < -0.4 is 0 Å². The summed E-state index contributed by atoms with van der Waals surface area (Å²) in [5.41, 5.74) is 0. The van der Waals surface area contributed by atoms with Crippen LogP contribution in [0.5, 0.6) is 0 Å². The summed E-state index contributed by atoms with van der Waals surface area (Å²) in [5, 5.41) is 1.36. The van der Waals surface area contributed by atoms with Crippen molar-refractivity contribution < 1.29 is 9.59 Å². The highest BCUT2D eigenvalue weighted by Gasteiger charge is 2.22. The van der Waals surface area contributed by atoms with Crippen LogP contribution in [0, 0.1) is 0 Å². The highest BCUT2D eigenvalue weighted by molar-refractivity contribution is 6.70. The molecule has 0 heterocycles. The maximum Gasteiger partial charge on any atom is 0.260 e. The van der Waals surface area contributed by atoms with Crippen LogP contribution in [-0.2, 0) is 9.59 Å². The molecule has 5 heteroatoms. The summed E-state index contributed by atoms with van der Waals surface area (Å²) in [5.74, 6) is 0.0587. The highest BCUT2D eigenvalue weighted by Crippen LogP contribution is 2.05. The Morgan fingerprint density at radius 1 is 0.889 bits per heavy atom. The molecule has 0 N–H and O–H groups in total. The van der Waals surface area contributed by atoms with E-state index < -0.39 is 8.73 Å². The number of carbonyl (C=O) groups excluding carboxylic acids is 2. The van der Waals surface area contributed by atoms with E-state index in [0.29, 0.717) is 0 Å². The Labute approximate surface area is 112 Å². The first-order chi connectivity index (χ1) is 8.36. The minimum absolute atomic E-state index is 0.0293. The van der Waals surface area contributed by atoms with Gasteiger partial charge in [0, 0.05) is 27.9 Å². The van der Waals surface area contributed by atoms with Crippen molar-refractivity contribution in [2.75, 3.05) is 14.1 Å². The van der Waals surface area contributed by atoms with Gasteiger partial charge < -0.3 is 9.13 Å². The second kappa shape index (κ2) is 8.19. The second-order valence-corrected chi connectivity index (χ2v) is 7.28. The minimum Gasteiger partial charge on any atom is -0.335 e. The lowest BCUT2D eigenvalue weighted by molar-refractivity contribution is -0.125. The van der Waals surface area contributed by atoms with Crippen molar-refractivity contribution in [3.63, 3.8) is 0 Å². The molecule has 0 bridgehead atoms. The van der Waals surface area contributed by atoms with Crippen molar-refractivity contribution in [1.29, 1.82) is 0 Å². The van der Waals surface area contributed by atoms with E-state index in [1.165, 1.54) is 5.17 Å². The van der Waals surface area contributed by atoms with Crippen molar-refractivity contribution in [1.82, 2.24) is 9.13 Å². The van der Waals surface area contributed by atoms with Gasteiger partial charge >= 0.3 is 0 Å². The Bertz CT molecular complexity index is 310. The molecule has 0 aromatic carbocycles. The summed E-state index contributed by atoms with van der Waals surface area (Å²) in [6, 6.07) is 0. The maximum absolute atomic E-state index is 11.6. The summed E-state index contributed by atoms with van der Waals surface area (Å²) < 4.78 is 3.51. The van der Waals surface area contributed by atoms with Gasteiger partial charge in [-0.3, -0.25) is 9.59 Å². The first-order valence-electron chi connectivity index (χ1n) is 6.57. The highest BCUT2D eigenvalue weighted by atomic mass is 28.3. The molecule has 0 aliphatic heterocycles. The van der Waals surface area contributed by atoms with Crippen LogP contribution in [0.3, 0.4) is 0 Å². The largest absolute Gasteiger partial charge is 0.335 e. The van der Waals surface area contributed by atoms with Crippen LogP contribution in [-0.4, -0.2) is 48.9 Å². The van der Waals surface area contributed by atoms with Gasteiger partial charge in [0.15, 0.2) is 0 Å². The number of rotatable bonds is 6. The van der Waals surface area contributed by atoms with Crippen LogP contribution >= 0.6 is 0 Å². The van der Waals surface area contributed by atoms with Gasteiger partial charge in [-0.2, -0.15) is 0 Å². The summed E-state index contributed by atoms with van der Waals surface area (Å²) >= 11 is 0. The summed E-state index contributed by atoms with van der Waals surface area (Å²) in [6.45, 7) is 7.40. The third kappa shape index (κ3) is 4.72. The third-order valence-electron chi connectivity index (χ3n) is 3.00. The molecule has 0 radical (unpaired) electrons. The molecule has 0 saturated carbocycles. The van der Waals surface area contributed by atoms with E-state index in [4.69, 9.17) is 0 Å². The van der Waals surface area contributed by atoms with Crippen molar-refractivity contribution >= 4 is 25.7 Å². The second-order valence-electron chi connectivity index (χ2n) is 4.58. The Balaban J connectivity index is 5.56. The van der Waals surface area contributed by atoms with E-state index in [1.807, 2.05) is 0 Å². The predicted molar refractivity (Wildman–Crippen MR) is 77.5 cm³/mol. The molecule has 2 amide bonds. The van der Waals surface area contributed by atoms with Gasteiger partial charge in [0.2, 0.25) is 11.8 Å². The van der Waals surface area contributed by atoms with Gasteiger partial charge in [-0.1, -0.05) is 26.7 Å². The Hall–Kier alpha value is -0.973. The van der Waals surface area contributed by atoms with Gasteiger partial charge in [-0.15, -0.1) is 0 Å². The zero-order valence-corrected chi connectivity index (χ0v) is 13.5. The number of hydrogen-bond donors (Lipinski definition) is 0. The predicted octanol–water partition coefficient (Wildman–Crippen LogP) is 1.79. The number of carbonyl (C=O) groups is 2. The molecule has 0 aliphatic carbocycles. The summed E-state index contributed by atoms with van der Waals surface area (Å²) in [6.07, 6.45) is 4.11. The lowest BCUT2D eigenvalue weighted by Gasteiger charge is -2.28. The lowest BCUT2D eigenvalue weighted by atomic mass is 10.2. The molecule has 0 spiro atoms. The molecule has 4 nitrogen and oxygen atoms in total. The van der Waals surface area contributed by atoms with E-state index in [2.05, 4.69) is 13.8 Å². The van der Waals surface area contributed by atoms with Gasteiger partial charge in [-0.05, 0) is 18.0 Å². The normalized spacial score (nSPS) is 9.89. The average Bonchev–Trinajstić information content (AvgIpc) is 2.29. The number of hydrogen-bond acceptors (Lipinski definition) is 2. The molecule has 0 fully saturated rings. The molecule has 18 heavy (non-hydrogen) atoms. The van der Waals surface area contributed by atoms with Gasteiger partial charge in [0.1, 0.15) is 0 Å². The van der Waals surface area contributed by atoms with Crippen molar-refractivity contribution in [2.45, 2.75) is 53.4 Å². The topological polar surface area (TPSA) is 40.6 Å². The monoisotopic (exact) mass is 270 g/mol. The lowest BCUT2D eigenvalue weighted by Crippen LogP contribution is -2.51. The standard InChI is InChI=1S/C13H26N2O2Si/c1-7-9-13(10-8-2)18(14(5)11(3)16)15(6)12(4)17/h7-10H2,1-6H3. The third-order valence-corrected chi connectivity index (χ3v) is 6.03. The number of nitrogens with zero attached hydrogens (tertiary/aromatic N) is 2. The van der Waals surface area contributed by atoms with Crippen LogP contribution in [0.25, 0.3) is 0 Å². The Kier molecular flexibility index (Phi) is 7.74. The first kappa shape index (κ1) is 17.0. The van der Waals surface area contributed by atoms with E-state index in [9.17, 15) is 9.59 Å². The fraction of sp³-hybridized carbons (Fsp3) is 0.769. The van der Waals surface area contributed by atoms with Crippen molar-refractivity contribution in [3.05, 3.63) is 0 Å². The number of amides is 2. The van der Waals surface area contributed by atoms with E-state index >= 15 is 0 Å².